The average Bonchev–Trinajstić information content (AvgIpc) is 2.44. The van der Waals surface area contributed by atoms with E-state index in [9.17, 15) is 4.79 Å². The number of aliphatic imine (C=N–C) groups is 1. The number of nitrogens with one attached hydrogen (secondary N) is 1. The molecule has 1 aliphatic rings. The highest BCUT2D eigenvalue weighted by atomic mass is 16.1. The van der Waals surface area contributed by atoms with E-state index in [4.69, 9.17) is 0 Å². The minimum Gasteiger partial charge on any atom is -0.353 e. The summed E-state index contributed by atoms with van der Waals surface area (Å²) in [5.41, 5.74) is 2.81. The van der Waals surface area contributed by atoms with Crippen molar-refractivity contribution in [1.29, 1.82) is 0 Å². The van der Waals surface area contributed by atoms with E-state index in [0.717, 1.165) is 36.2 Å². The fourth-order valence-electron chi connectivity index (χ4n) is 1.52. The molecule has 3 heteroatoms. The Labute approximate surface area is 96.7 Å². The van der Waals surface area contributed by atoms with Crippen molar-refractivity contribution in [3.63, 3.8) is 0 Å². The van der Waals surface area contributed by atoms with Crippen molar-refractivity contribution in [3.05, 3.63) is 35.6 Å². The summed E-state index contributed by atoms with van der Waals surface area (Å²) in [6, 6.07) is 0. The molecule has 1 amide bonds. The first-order valence-corrected chi connectivity index (χ1v) is 5.48. The van der Waals surface area contributed by atoms with Crippen LogP contribution in [-0.2, 0) is 4.79 Å². The minimum atomic E-state index is -0.0180. The predicted octanol–water partition coefficient (Wildman–Crippen LogP) is 2.37. The van der Waals surface area contributed by atoms with Crippen LogP contribution in [-0.4, -0.2) is 18.7 Å². The molecular weight excluding hydrogens is 200 g/mol. The molecule has 16 heavy (non-hydrogen) atoms. The van der Waals surface area contributed by atoms with Gasteiger partial charge < -0.3 is 5.32 Å². The normalized spacial score (nSPS) is 18.0. The second-order valence-corrected chi connectivity index (χ2v) is 3.80. The third kappa shape index (κ3) is 3.85. The van der Waals surface area contributed by atoms with Crippen LogP contribution in [0.2, 0.25) is 0 Å². The van der Waals surface area contributed by atoms with E-state index >= 15 is 0 Å². The molecule has 0 saturated carbocycles. The average molecular weight is 218 g/mol. The predicted molar refractivity (Wildman–Crippen MR) is 67.4 cm³/mol. The molecule has 0 atom stereocenters. The molecule has 0 fully saturated rings. The Balaban J connectivity index is 2.87. The summed E-state index contributed by atoms with van der Waals surface area (Å²) >= 11 is 0. The first kappa shape index (κ1) is 12.4. The van der Waals surface area contributed by atoms with Gasteiger partial charge >= 0.3 is 0 Å². The lowest BCUT2D eigenvalue weighted by atomic mass is 10.0. The molecule has 0 radical (unpaired) electrons. The number of carbonyl (C=O) groups is 1. The first-order chi connectivity index (χ1) is 7.63. The van der Waals surface area contributed by atoms with Crippen molar-refractivity contribution in [2.75, 3.05) is 6.54 Å². The minimum absolute atomic E-state index is 0.0180. The van der Waals surface area contributed by atoms with Gasteiger partial charge in [-0.1, -0.05) is 12.7 Å². The lowest BCUT2D eigenvalue weighted by molar-refractivity contribution is -0.116. The van der Waals surface area contributed by atoms with Gasteiger partial charge in [0.2, 0.25) is 5.91 Å². The number of carbonyl (C=O) groups excluding carboxylic acids is 1. The van der Waals surface area contributed by atoms with Crippen molar-refractivity contribution in [1.82, 2.24) is 5.32 Å². The highest BCUT2D eigenvalue weighted by Gasteiger charge is 2.09. The van der Waals surface area contributed by atoms with E-state index in [-0.39, 0.29) is 5.91 Å². The second-order valence-electron chi connectivity index (χ2n) is 3.80. The molecule has 0 bridgehead atoms. The Bertz CT molecular complexity index is 375. The molecule has 1 heterocycles. The first-order valence-electron chi connectivity index (χ1n) is 5.48. The number of hydrogen-bond donors (Lipinski definition) is 1. The van der Waals surface area contributed by atoms with Crippen LogP contribution in [0.15, 0.2) is 40.6 Å². The summed E-state index contributed by atoms with van der Waals surface area (Å²) in [7, 11) is 0. The lowest BCUT2D eigenvalue weighted by Gasteiger charge is -2.04. The van der Waals surface area contributed by atoms with Crippen LogP contribution in [0.3, 0.4) is 0 Å². The van der Waals surface area contributed by atoms with Crippen molar-refractivity contribution in [2.45, 2.75) is 26.7 Å². The van der Waals surface area contributed by atoms with E-state index in [1.807, 2.05) is 19.9 Å². The van der Waals surface area contributed by atoms with Gasteiger partial charge in [0, 0.05) is 24.5 Å². The maximum atomic E-state index is 11.4. The number of nitrogens with zero attached hydrogens (tertiary/aromatic N) is 1. The van der Waals surface area contributed by atoms with Gasteiger partial charge in [-0.05, 0) is 37.8 Å². The van der Waals surface area contributed by atoms with Crippen LogP contribution < -0.4 is 5.32 Å². The van der Waals surface area contributed by atoms with Gasteiger partial charge in [-0.3, -0.25) is 9.79 Å². The van der Waals surface area contributed by atoms with Crippen LogP contribution in [0.25, 0.3) is 0 Å². The van der Waals surface area contributed by atoms with Crippen LogP contribution in [0.4, 0.5) is 0 Å². The summed E-state index contributed by atoms with van der Waals surface area (Å²) in [5, 5.41) is 2.81. The van der Waals surface area contributed by atoms with Gasteiger partial charge in [0.1, 0.15) is 0 Å². The third-order valence-electron chi connectivity index (χ3n) is 2.33. The zero-order valence-corrected chi connectivity index (χ0v) is 9.92. The molecular formula is C13H18N2O. The fourth-order valence-corrected chi connectivity index (χ4v) is 1.52. The summed E-state index contributed by atoms with van der Waals surface area (Å²) in [6.07, 6.45) is 7.27. The zero-order chi connectivity index (χ0) is 12.0. The monoisotopic (exact) mass is 218 g/mol. The van der Waals surface area contributed by atoms with Crippen LogP contribution in [0, 0.1) is 0 Å². The van der Waals surface area contributed by atoms with Crippen molar-refractivity contribution in [2.24, 2.45) is 4.99 Å². The van der Waals surface area contributed by atoms with Gasteiger partial charge in [0.15, 0.2) is 0 Å². The molecule has 1 rings (SSSR count). The highest BCUT2D eigenvalue weighted by Crippen LogP contribution is 2.16. The Morgan fingerprint density at radius 1 is 1.62 bits per heavy atom. The van der Waals surface area contributed by atoms with Gasteiger partial charge in [-0.15, -0.1) is 0 Å². The standard InChI is InChI=1S/C13H18N2O/c1-4-11(9-15-10(2)3)12-6-5-7-14-13(16)8-12/h4,8-9H,2,5-7H2,1,3H3,(H,14,16)/b11-4+,15-9?. The maximum Gasteiger partial charge on any atom is 0.244 e. The van der Waals surface area contributed by atoms with E-state index in [1.165, 1.54) is 0 Å². The third-order valence-corrected chi connectivity index (χ3v) is 2.33. The number of amides is 1. The van der Waals surface area contributed by atoms with Gasteiger partial charge in [-0.2, -0.15) is 0 Å². The summed E-state index contributed by atoms with van der Waals surface area (Å²) < 4.78 is 0. The molecule has 3 nitrogen and oxygen atoms in total. The molecule has 1 N–H and O–H groups in total. The molecule has 0 aromatic heterocycles. The summed E-state index contributed by atoms with van der Waals surface area (Å²) in [6.45, 7) is 8.25. The van der Waals surface area contributed by atoms with Crippen LogP contribution in [0.5, 0.6) is 0 Å². The Hall–Kier alpha value is -1.64. The zero-order valence-electron chi connectivity index (χ0n) is 9.92. The van der Waals surface area contributed by atoms with Gasteiger partial charge in [0.25, 0.3) is 0 Å². The largest absolute Gasteiger partial charge is 0.353 e. The smallest absolute Gasteiger partial charge is 0.244 e. The quantitative estimate of drug-likeness (QED) is 0.726. The molecule has 1 aliphatic heterocycles. The molecule has 0 saturated heterocycles. The molecule has 0 aromatic carbocycles. The second kappa shape index (κ2) is 6.05. The van der Waals surface area contributed by atoms with Crippen LogP contribution >= 0.6 is 0 Å². The van der Waals surface area contributed by atoms with Crippen LogP contribution in [0.1, 0.15) is 26.7 Å². The Kier molecular flexibility index (Phi) is 4.70. The molecule has 0 aliphatic carbocycles. The topological polar surface area (TPSA) is 41.5 Å². The Morgan fingerprint density at radius 3 is 3.00 bits per heavy atom. The van der Waals surface area contributed by atoms with Crippen molar-refractivity contribution in [3.8, 4) is 0 Å². The molecule has 0 aromatic rings. The summed E-state index contributed by atoms with van der Waals surface area (Å²) in [4.78, 5) is 15.5. The van der Waals surface area contributed by atoms with E-state index in [1.54, 1.807) is 12.3 Å². The number of allylic oxidation sites excluding steroid dienone is 4. The van der Waals surface area contributed by atoms with E-state index in [2.05, 4.69) is 16.9 Å². The Morgan fingerprint density at radius 2 is 2.38 bits per heavy atom. The summed E-state index contributed by atoms with van der Waals surface area (Å²) in [5.74, 6) is -0.0180. The molecule has 86 valence electrons. The van der Waals surface area contributed by atoms with Gasteiger partial charge in [-0.25, -0.2) is 0 Å². The number of hydrogen-bond acceptors (Lipinski definition) is 2. The number of rotatable bonds is 3. The van der Waals surface area contributed by atoms with Crippen molar-refractivity contribution < 1.29 is 4.79 Å². The van der Waals surface area contributed by atoms with Crippen molar-refractivity contribution >= 4 is 12.1 Å². The lowest BCUT2D eigenvalue weighted by Crippen LogP contribution is -2.20. The fraction of sp³-hybridized carbons (Fsp3) is 0.385. The van der Waals surface area contributed by atoms with E-state index < -0.39 is 0 Å². The van der Waals surface area contributed by atoms with E-state index in [0.29, 0.717) is 0 Å². The maximum absolute atomic E-state index is 11.4. The molecule has 0 spiro atoms. The van der Waals surface area contributed by atoms with Gasteiger partial charge in [0.05, 0.1) is 0 Å². The highest BCUT2D eigenvalue weighted by molar-refractivity contribution is 5.93. The molecule has 0 unspecified atom stereocenters. The SMILES string of the molecule is C=C(C)N=C/C(=C\C)C1=CC(=O)NCCC1.